The fraction of sp³-hybridized carbons (Fsp3) is 0.400. The van der Waals surface area contributed by atoms with Gasteiger partial charge in [-0.25, -0.2) is 9.69 Å². The van der Waals surface area contributed by atoms with Crippen molar-refractivity contribution in [2.75, 3.05) is 18.0 Å². The number of anilines is 1. The first-order valence-electron chi connectivity index (χ1n) is 6.83. The molecule has 0 aromatic heterocycles. The summed E-state index contributed by atoms with van der Waals surface area (Å²) in [5, 5.41) is 0. The summed E-state index contributed by atoms with van der Waals surface area (Å²) in [6.45, 7) is 6.34. The molecule has 0 bridgehead atoms. The number of rotatable bonds is 4. The highest BCUT2D eigenvalue weighted by Gasteiger charge is 2.38. The summed E-state index contributed by atoms with van der Waals surface area (Å²) in [4.78, 5) is 38.5. The van der Waals surface area contributed by atoms with Gasteiger partial charge in [-0.1, -0.05) is 19.9 Å². The Balaban J connectivity index is 2.37. The van der Waals surface area contributed by atoms with Gasteiger partial charge in [0.05, 0.1) is 5.69 Å². The van der Waals surface area contributed by atoms with E-state index in [1.807, 2.05) is 13.8 Å². The lowest BCUT2D eigenvalue weighted by Crippen LogP contribution is -2.35. The molecule has 0 spiro atoms. The van der Waals surface area contributed by atoms with Gasteiger partial charge in [0.25, 0.3) is 5.91 Å². The van der Waals surface area contributed by atoms with Gasteiger partial charge < -0.3 is 10.6 Å². The Bertz CT molecular complexity index is 610. The molecule has 1 heterocycles. The minimum atomic E-state index is -0.589. The third kappa shape index (κ3) is 2.89. The van der Waals surface area contributed by atoms with E-state index in [1.54, 1.807) is 19.1 Å². The number of amides is 4. The van der Waals surface area contributed by atoms with Crippen LogP contribution < -0.4 is 10.6 Å². The number of nitrogens with zero attached hydrogens (tertiary/aromatic N) is 2. The lowest BCUT2D eigenvalue weighted by molar-refractivity contribution is -0.116. The lowest BCUT2D eigenvalue weighted by Gasteiger charge is -2.20. The maximum Gasteiger partial charge on any atom is 0.331 e. The number of imide groups is 1. The quantitative estimate of drug-likeness (QED) is 0.853. The van der Waals surface area contributed by atoms with Crippen LogP contribution in [0.3, 0.4) is 0 Å². The van der Waals surface area contributed by atoms with Crippen molar-refractivity contribution in [3.8, 4) is 0 Å². The second-order valence-corrected chi connectivity index (χ2v) is 5.65. The normalized spacial score (nSPS) is 15.2. The number of urea groups is 1. The molecule has 4 amide bonds. The Hall–Kier alpha value is -2.37. The predicted octanol–water partition coefficient (Wildman–Crippen LogP) is 1.52. The first-order chi connectivity index (χ1) is 9.81. The third-order valence-corrected chi connectivity index (χ3v) is 3.36. The highest BCUT2D eigenvalue weighted by Crippen LogP contribution is 2.26. The SMILES string of the molecule is Cc1ccc(C(N)=O)cc1N1C(=O)CN(CC(C)C)C1=O. The van der Waals surface area contributed by atoms with Gasteiger partial charge in [0.1, 0.15) is 6.54 Å². The van der Waals surface area contributed by atoms with Crippen LogP contribution in [-0.4, -0.2) is 35.8 Å². The molecule has 2 rings (SSSR count). The first-order valence-corrected chi connectivity index (χ1v) is 6.83. The van der Waals surface area contributed by atoms with Gasteiger partial charge >= 0.3 is 6.03 Å². The van der Waals surface area contributed by atoms with Crippen molar-refractivity contribution in [1.82, 2.24) is 4.90 Å². The summed E-state index contributed by atoms with van der Waals surface area (Å²) in [5.41, 5.74) is 6.70. The Morgan fingerprint density at radius 3 is 2.57 bits per heavy atom. The minimum Gasteiger partial charge on any atom is -0.366 e. The van der Waals surface area contributed by atoms with Crippen LogP contribution in [0.25, 0.3) is 0 Å². The van der Waals surface area contributed by atoms with Crippen molar-refractivity contribution >= 4 is 23.5 Å². The van der Waals surface area contributed by atoms with Crippen LogP contribution in [-0.2, 0) is 4.79 Å². The minimum absolute atomic E-state index is 0.0667. The van der Waals surface area contributed by atoms with Gasteiger partial charge in [-0.15, -0.1) is 0 Å². The summed E-state index contributed by atoms with van der Waals surface area (Å²) in [5.74, 6) is -0.598. The van der Waals surface area contributed by atoms with E-state index in [0.29, 0.717) is 12.2 Å². The van der Waals surface area contributed by atoms with Gasteiger partial charge in [-0.2, -0.15) is 0 Å². The van der Waals surface area contributed by atoms with Crippen molar-refractivity contribution in [3.63, 3.8) is 0 Å². The number of hydrogen-bond donors (Lipinski definition) is 1. The van der Waals surface area contributed by atoms with Crippen LogP contribution in [0.2, 0.25) is 0 Å². The summed E-state index contributed by atoms with van der Waals surface area (Å²) in [6, 6.07) is 4.41. The highest BCUT2D eigenvalue weighted by molar-refractivity contribution is 6.20. The molecule has 6 nitrogen and oxygen atoms in total. The zero-order valence-electron chi connectivity index (χ0n) is 12.4. The smallest absolute Gasteiger partial charge is 0.331 e. The third-order valence-electron chi connectivity index (χ3n) is 3.36. The predicted molar refractivity (Wildman–Crippen MR) is 79.0 cm³/mol. The molecule has 0 radical (unpaired) electrons. The summed E-state index contributed by atoms with van der Waals surface area (Å²) < 4.78 is 0. The second-order valence-electron chi connectivity index (χ2n) is 5.65. The molecule has 0 saturated carbocycles. The number of benzene rings is 1. The Morgan fingerprint density at radius 2 is 2.00 bits per heavy atom. The van der Waals surface area contributed by atoms with Crippen LogP contribution >= 0.6 is 0 Å². The number of hydrogen-bond acceptors (Lipinski definition) is 3. The highest BCUT2D eigenvalue weighted by atomic mass is 16.2. The fourth-order valence-corrected chi connectivity index (χ4v) is 2.37. The molecule has 6 heteroatoms. The Kier molecular flexibility index (Phi) is 3.97. The molecule has 1 aromatic rings. The molecule has 112 valence electrons. The maximum absolute atomic E-state index is 12.4. The molecule has 21 heavy (non-hydrogen) atoms. The molecular weight excluding hydrogens is 270 g/mol. The number of nitrogens with two attached hydrogens (primary N) is 1. The van der Waals surface area contributed by atoms with Crippen LogP contribution in [0.1, 0.15) is 29.8 Å². The molecule has 0 aliphatic carbocycles. The van der Waals surface area contributed by atoms with Gasteiger partial charge in [0.15, 0.2) is 0 Å². The van der Waals surface area contributed by atoms with E-state index in [0.717, 1.165) is 10.5 Å². The summed E-state index contributed by atoms with van der Waals surface area (Å²) in [6.07, 6.45) is 0. The van der Waals surface area contributed by atoms with E-state index in [2.05, 4.69) is 0 Å². The Labute approximate surface area is 123 Å². The van der Waals surface area contributed by atoms with Crippen molar-refractivity contribution < 1.29 is 14.4 Å². The van der Waals surface area contributed by atoms with E-state index in [-0.39, 0.29) is 30.0 Å². The average molecular weight is 289 g/mol. The zero-order chi connectivity index (χ0) is 15.7. The molecule has 1 aromatic carbocycles. The monoisotopic (exact) mass is 289 g/mol. The largest absolute Gasteiger partial charge is 0.366 e. The van der Waals surface area contributed by atoms with Crippen molar-refractivity contribution in [3.05, 3.63) is 29.3 Å². The van der Waals surface area contributed by atoms with E-state index < -0.39 is 5.91 Å². The zero-order valence-corrected chi connectivity index (χ0v) is 12.4. The molecule has 0 unspecified atom stereocenters. The van der Waals surface area contributed by atoms with Crippen LogP contribution in [0, 0.1) is 12.8 Å². The standard InChI is InChI=1S/C15H19N3O3/c1-9(2)7-17-8-13(19)18(15(17)21)12-6-11(14(16)20)5-4-10(12)3/h4-6,9H,7-8H2,1-3H3,(H2,16,20). The number of carbonyl (C=O) groups excluding carboxylic acids is 3. The van der Waals surface area contributed by atoms with Crippen LogP contribution in [0.4, 0.5) is 10.5 Å². The molecule has 1 aliphatic rings. The molecular formula is C15H19N3O3. The number of primary amides is 1. The first kappa shape index (κ1) is 15.0. The van der Waals surface area contributed by atoms with Crippen LogP contribution in [0.5, 0.6) is 0 Å². The number of carbonyl (C=O) groups is 3. The maximum atomic E-state index is 12.4. The number of aryl methyl sites for hydroxylation is 1. The lowest BCUT2D eigenvalue weighted by atomic mass is 10.1. The Morgan fingerprint density at radius 1 is 1.33 bits per heavy atom. The fourth-order valence-electron chi connectivity index (χ4n) is 2.37. The summed E-state index contributed by atoms with van der Waals surface area (Å²) >= 11 is 0. The molecule has 2 N–H and O–H groups in total. The van der Waals surface area contributed by atoms with Crippen molar-refractivity contribution in [1.29, 1.82) is 0 Å². The van der Waals surface area contributed by atoms with Gasteiger partial charge in [0.2, 0.25) is 5.91 Å². The van der Waals surface area contributed by atoms with Crippen LogP contribution in [0.15, 0.2) is 18.2 Å². The second kappa shape index (κ2) is 5.55. The molecule has 1 saturated heterocycles. The topological polar surface area (TPSA) is 83.7 Å². The van der Waals surface area contributed by atoms with E-state index in [4.69, 9.17) is 5.73 Å². The molecule has 0 atom stereocenters. The van der Waals surface area contributed by atoms with Gasteiger partial charge in [-0.3, -0.25) is 9.59 Å². The van der Waals surface area contributed by atoms with Gasteiger partial charge in [-0.05, 0) is 30.5 Å². The van der Waals surface area contributed by atoms with Crippen molar-refractivity contribution in [2.45, 2.75) is 20.8 Å². The van der Waals surface area contributed by atoms with E-state index in [1.165, 1.54) is 11.0 Å². The van der Waals surface area contributed by atoms with E-state index in [9.17, 15) is 14.4 Å². The molecule has 1 aliphatic heterocycles. The van der Waals surface area contributed by atoms with Crippen molar-refractivity contribution in [2.24, 2.45) is 11.7 Å². The van der Waals surface area contributed by atoms with E-state index >= 15 is 0 Å². The summed E-state index contributed by atoms with van der Waals surface area (Å²) in [7, 11) is 0. The van der Waals surface area contributed by atoms with Gasteiger partial charge in [0, 0.05) is 12.1 Å². The molecule has 1 fully saturated rings. The average Bonchev–Trinajstić information content (AvgIpc) is 2.64.